The Morgan fingerprint density at radius 1 is 1.24 bits per heavy atom. The van der Waals surface area contributed by atoms with E-state index >= 15 is 0 Å². The molecular weight excluding hydrogens is 285 g/mol. The normalized spacial score (nSPS) is 16.7. The van der Waals surface area contributed by atoms with Gasteiger partial charge in [0.2, 0.25) is 0 Å². The van der Waals surface area contributed by atoms with Crippen molar-refractivity contribution in [2.45, 2.75) is 38.3 Å². The van der Waals surface area contributed by atoms with Gasteiger partial charge in [-0.15, -0.1) is 0 Å². The Labute approximate surface area is 120 Å². The molecule has 0 heterocycles. The molecule has 0 aromatic heterocycles. The van der Waals surface area contributed by atoms with E-state index in [4.69, 9.17) is 9.84 Å². The van der Waals surface area contributed by atoms with Crippen LogP contribution in [0.1, 0.15) is 48.0 Å². The van der Waals surface area contributed by atoms with Gasteiger partial charge in [-0.1, -0.05) is 19.3 Å². The fourth-order valence-corrected chi connectivity index (χ4v) is 2.56. The molecule has 1 aliphatic rings. The molecular formula is C15H17F3O3. The van der Waals surface area contributed by atoms with Crippen LogP contribution in [0.2, 0.25) is 0 Å². The summed E-state index contributed by atoms with van der Waals surface area (Å²) >= 11 is 0. The van der Waals surface area contributed by atoms with Crippen molar-refractivity contribution in [2.24, 2.45) is 5.92 Å². The van der Waals surface area contributed by atoms with Crippen LogP contribution >= 0.6 is 0 Å². The van der Waals surface area contributed by atoms with Crippen LogP contribution in [0.15, 0.2) is 18.2 Å². The predicted molar refractivity (Wildman–Crippen MR) is 70.5 cm³/mol. The molecule has 0 unspecified atom stereocenters. The van der Waals surface area contributed by atoms with Crippen molar-refractivity contribution in [3.8, 4) is 5.75 Å². The molecule has 0 spiro atoms. The summed E-state index contributed by atoms with van der Waals surface area (Å²) in [6.45, 7) is 0.265. The Hall–Kier alpha value is -1.72. The van der Waals surface area contributed by atoms with E-state index in [2.05, 4.69) is 0 Å². The maximum atomic E-state index is 12.7. The Bertz CT molecular complexity index is 505. The van der Waals surface area contributed by atoms with E-state index in [1.165, 1.54) is 6.42 Å². The zero-order valence-corrected chi connectivity index (χ0v) is 11.4. The highest BCUT2D eigenvalue weighted by atomic mass is 19.4. The Kier molecular flexibility index (Phi) is 4.75. The van der Waals surface area contributed by atoms with Crippen LogP contribution < -0.4 is 4.74 Å². The number of carbonyl (C=O) groups is 1. The molecule has 21 heavy (non-hydrogen) atoms. The molecule has 2 rings (SSSR count). The molecule has 1 N–H and O–H groups in total. The lowest BCUT2D eigenvalue weighted by Gasteiger charge is -2.22. The average Bonchev–Trinajstić information content (AvgIpc) is 2.45. The lowest BCUT2D eigenvalue weighted by Crippen LogP contribution is -2.17. The summed E-state index contributed by atoms with van der Waals surface area (Å²) in [6, 6.07) is 2.48. The topological polar surface area (TPSA) is 46.5 Å². The van der Waals surface area contributed by atoms with E-state index in [9.17, 15) is 18.0 Å². The molecule has 6 heteroatoms. The van der Waals surface area contributed by atoms with Crippen molar-refractivity contribution in [3.05, 3.63) is 29.3 Å². The van der Waals surface area contributed by atoms with Crippen molar-refractivity contribution in [2.75, 3.05) is 6.61 Å². The second kappa shape index (κ2) is 6.37. The van der Waals surface area contributed by atoms with Gasteiger partial charge in [0.05, 0.1) is 12.2 Å². The molecule has 1 fully saturated rings. The maximum Gasteiger partial charge on any atom is 0.416 e. The number of rotatable bonds is 4. The van der Waals surface area contributed by atoms with Crippen molar-refractivity contribution >= 4 is 5.97 Å². The van der Waals surface area contributed by atoms with Gasteiger partial charge in [0.15, 0.2) is 0 Å². The minimum absolute atomic E-state index is 0.206. The van der Waals surface area contributed by atoms with Crippen LogP contribution in [0.25, 0.3) is 0 Å². The van der Waals surface area contributed by atoms with Crippen LogP contribution in [0.3, 0.4) is 0 Å². The summed E-state index contributed by atoms with van der Waals surface area (Å²) in [5.74, 6) is -1.21. The molecule has 116 valence electrons. The van der Waals surface area contributed by atoms with Gasteiger partial charge < -0.3 is 9.84 Å². The van der Waals surface area contributed by atoms with Crippen molar-refractivity contribution in [1.29, 1.82) is 0 Å². The number of hydrogen-bond acceptors (Lipinski definition) is 2. The van der Waals surface area contributed by atoms with Crippen LogP contribution in [-0.2, 0) is 6.18 Å². The number of alkyl halides is 3. The predicted octanol–water partition coefficient (Wildman–Crippen LogP) is 4.36. The number of ether oxygens (including phenoxy) is 1. The number of carboxylic acids is 1. The van der Waals surface area contributed by atoms with E-state index in [0.29, 0.717) is 0 Å². The van der Waals surface area contributed by atoms with Crippen molar-refractivity contribution in [1.82, 2.24) is 0 Å². The highest BCUT2D eigenvalue weighted by Crippen LogP contribution is 2.34. The van der Waals surface area contributed by atoms with Gasteiger partial charge >= 0.3 is 12.1 Å². The lowest BCUT2D eigenvalue weighted by molar-refractivity contribution is -0.137. The minimum atomic E-state index is -4.51. The number of hydrogen-bond donors (Lipinski definition) is 1. The first-order chi connectivity index (χ1) is 9.88. The third kappa shape index (κ3) is 4.12. The van der Waals surface area contributed by atoms with E-state index in [1.807, 2.05) is 0 Å². The third-order valence-electron chi connectivity index (χ3n) is 3.74. The van der Waals surface area contributed by atoms with E-state index in [1.54, 1.807) is 0 Å². The van der Waals surface area contributed by atoms with E-state index in [0.717, 1.165) is 43.9 Å². The second-order valence-electron chi connectivity index (χ2n) is 5.33. The summed E-state index contributed by atoms with van der Waals surface area (Å²) in [7, 11) is 0. The maximum absolute atomic E-state index is 12.7. The van der Waals surface area contributed by atoms with E-state index in [-0.39, 0.29) is 23.8 Å². The monoisotopic (exact) mass is 302 g/mol. The van der Waals surface area contributed by atoms with E-state index < -0.39 is 17.7 Å². The number of aromatic carboxylic acids is 1. The summed E-state index contributed by atoms with van der Waals surface area (Å²) in [6.07, 6.45) is 0.772. The highest BCUT2D eigenvalue weighted by molar-refractivity contribution is 5.91. The van der Waals surface area contributed by atoms with Crippen molar-refractivity contribution < 1.29 is 27.8 Å². The Morgan fingerprint density at radius 3 is 2.48 bits per heavy atom. The first-order valence-corrected chi connectivity index (χ1v) is 6.95. The number of halogens is 3. The molecule has 1 saturated carbocycles. The quantitative estimate of drug-likeness (QED) is 0.898. The fraction of sp³-hybridized carbons (Fsp3) is 0.533. The van der Waals surface area contributed by atoms with Gasteiger partial charge in [0, 0.05) is 0 Å². The first kappa shape index (κ1) is 15.7. The SMILES string of the molecule is O=C(O)c1ccc(C(F)(F)F)cc1OCC1CCCCC1. The third-order valence-corrected chi connectivity index (χ3v) is 3.74. The Balaban J connectivity index is 2.16. The minimum Gasteiger partial charge on any atom is -0.492 e. The highest BCUT2D eigenvalue weighted by Gasteiger charge is 2.32. The smallest absolute Gasteiger partial charge is 0.416 e. The zero-order valence-electron chi connectivity index (χ0n) is 11.4. The molecule has 3 nitrogen and oxygen atoms in total. The molecule has 1 aromatic rings. The molecule has 1 aromatic carbocycles. The van der Waals surface area contributed by atoms with Gasteiger partial charge in [-0.05, 0) is 37.0 Å². The summed E-state index contributed by atoms with van der Waals surface area (Å²) in [5.41, 5.74) is -1.13. The fourth-order valence-electron chi connectivity index (χ4n) is 2.56. The van der Waals surface area contributed by atoms with Gasteiger partial charge in [0.25, 0.3) is 0 Å². The summed E-state index contributed by atoms with van der Waals surface area (Å²) < 4.78 is 43.5. The van der Waals surface area contributed by atoms with Crippen LogP contribution in [0.4, 0.5) is 13.2 Å². The molecule has 0 radical (unpaired) electrons. The van der Waals surface area contributed by atoms with Crippen LogP contribution in [0.5, 0.6) is 5.75 Å². The first-order valence-electron chi connectivity index (χ1n) is 6.95. The lowest BCUT2D eigenvalue weighted by atomic mass is 9.90. The van der Waals surface area contributed by atoms with Crippen molar-refractivity contribution in [3.63, 3.8) is 0 Å². The molecule has 0 aliphatic heterocycles. The molecule has 0 saturated heterocycles. The summed E-state index contributed by atoms with van der Waals surface area (Å²) in [5, 5.41) is 9.04. The largest absolute Gasteiger partial charge is 0.492 e. The second-order valence-corrected chi connectivity index (χ2v) is 5.33. The molecule has 0 amide bonds. The number of carboxylic acid groups (broad SMARTS) is 1. The summed E-state index contributed by atoms with van der Waals surface area (Å²) in [4.78, 5) is 11.1. The van der Waals surface area contributed by atoms with Gasteiger partial charge in [-0.3, -0.25) is 0 Å². The van der Waals surface area contributed by atoms with Crippen LogP contribution in [-0.4, -0.2) is 17.7 Å². The Morgan fingerprint density at radius 2 is 1.90 bits per heavy atom. The number of benzene rings is 1. The van der Waals surface area contributed by atoms with Crippen LogP contribution in [0, 0.1) is 5.92 Å². The standard InChI is InChI=1S/C15H17F3O3/c16-15(17,18)11-6-7-12(14(19)20)13(8-11)21-9-10-4-2-1-3-5-10/h6-8,10H,1-5,9H2,(H,19,20). The molecule has 0 atom stereocenters. The zero-order chi connectivity index (χ0) is 15.5. The van der Waals surface area contributed by atoms with Gasteiger partial charge in [-0.25, -0.2) is 4.79 Å². The van der Waals surface area contributed by atoms with Gasteiger partial charge in [0.1, 0.15) is 11.3 Å². The molecule has 1 aliphatic carbocycles. The molecule has 0 bridgehead atoms. The van der Waals surface area contributed by atoms with Gasteiger partial charge in [-0.2, -0.15) is 13.2 Å². The average molecular weight is 302 g/mol.